The number of aromatic nitrogens is 2. The molecule has 0 saturated carbocycles. The zero-order valence-corrected chi connectivity index (χ0v) is 14.1. The van der Waals surface area contributed by atoms with Crippen LogP contribution in [0, 0.1) is 5.82 Å². The standard InChI is InChI=1S/C15H14FN3S3/c16-13-6-2-1-4-11(13)10-21-15-19-18-14(22-15)17-8-7-12-5-3-9-20-12/h1-6,9H,7-8,10H2,(H,17,18). The van der Waals surface area contributed by atoms with Crippen LogP contribution in [0.25, 0.3) is 0 Å². The average molecular weight is 351 g/mol. The summed E-state index contributed by atoms with van der Waals surface area (Å²) < 4.78 is 14.4. The van der Waals surface area contributed by atoms with E-state index in [4.69, 9.17) is 0 Å². The highest BCUT2D eigenvalue weighted by Gasteiger charge is 2.07. The fraction of sp³-hybridized carbons (Fsp3) is 0.200. The van der Waals surface area contributed by atoms with Gasteiger partial charge in [-0.3, -0.25) is 0 Å². The van der Waals surface area contributed by atoms with Gasteiger partial charge in [0, 0.05) is 17.2 Å². The molecule has 0 aliphatic rings. The van der Waals surface area contributed by atoms with Gasteiger partial charge in [-0.1, -0.05) is 47.4 Å². The van der Waals surface area contributed by atoms with Crippen molar-refractivity contribution < 1.29 is 4.39 Å². The summed E-state index contributed by atoms with van der Waals surface area (Å²) in [6, 6.07) is 11.0. The molecule has 7 heteroatoms. The monoisotopic (exact) mass is 351 g/mol. The van der Waals surface area contributed by atoms with Gasteiger partial charge in [-0.25, -0.2) is 4.39 Å². The maximum atomic E-state index is 13.5. The molecule has 0 aliphatic carbocycles. The summed E-state index contributed by atoms with van der Waals surface area (Å²) in [6.45, 7) is 0.840. The Labute approximate surface area is 140 Å². The number of thiophene rings is 1. The summed E-state index contributed by atoms with van der Waals surface area (Å²) in [6.07, 6.45) is 0.981. The quantitative estimate of drug-likeness (QED) is 0.627. The molecular weight excluding hydrogens is 337 g/mol. The van der Waals surface area contributed by atoms with Crippen molar-refractivity contribution in [1.82, 2.24) is 10.2 Å². The molecule has 0 fully saturated rings. The first kappa shape index (κ1) is 15.5. The van der Waals surface area contributed by atoms with Gasteiger partial charge in [0.2, 0.25) is 5.13 Å². The Balaban J connectivity index is 1.48. The van der Waals surface area contributed by atoms with Crippen LogP contribution in [0.1, 0.15) is 10.4 Å². The summed E-state index contributed by atoms with van der Waals surface area (Å²) in [5.74, 6) is 0.394. The Morgan fingerprint density at radius 2 is 2.05 bits per heavy atom. The molecule has 22 heavy (non-hydrogen) atoms. The number of nitrogens with one attached hydrogen (secondary N) is 1. The van der Waals surface area contributed by atoms with E-state index in [1.807, 2.05) is 6.07 Å². The second-order valence-electron chi connectivity index (χ2n) is 4.51. The molecule has 2 aromatic heterocycles. The molecule has 0 aliphatic heterocycles. The van der Waals surface area contributed by atoms with E-state index in [9.17, 15) is 4.39 Å². The predicted molar refractivity (Wildman–Crippen MR) is 92.4 cm³/mol. The number of halogens is 1. The van der Waals surface area contributed by atoms with Crippen molar-refractivity contribution in [2.75, 3.05) is 11.9 Å². The third-order valence-electron chi connectivity index (χ3n) is 2.94. The molecule has 0 saturated heterocycles. The van der Waals surface area contributed by atoms with Crippen LogP contribution in [0.4, 0.5) is 9.52 Å². The van der Waals surface area contributed by atoms with Crippen LogP contribution in [-0.4, -0.2) is 16.7 Å². The van der Waals surface area contributed by atoms with Crippen LogP contribution in [0.2, 0.25) is 0 Å². The minimum absolute atomic E-state index is 0.172. The Hall–Kier alpha value is -1.44. The Morgan fingerprint density at radius 1 is 1.14 bits per heavy atom. The maximum absolute atomic E-state index is 13.5. The van der Waals surface area contributed by atoms with Gasteiger partial charge in [-0.15, -0.1) is 21.5 Å². The summed E-state index contributed by atoms with van der Waals surface area (Å²) >= 11 is 4.77. The van der Waals surface area contributed by atoms with Gasteiger partial charge in [0.1, 0.15) is 5.82 Å². The van der Waals surface area contributed by atoms with Crippen molar-refractivity contribution in [3.63, 3.8) is 0 Å². The lowest BCUT2D eigenvalue weighted by atomic mass is 10.2. The normalized spacial score (nSPS) is 10.8. The van der Waals surface area contributed by atoms with Crippen molar-refractivity contribution in [3.05, 3.63) is 58.0 Å². The highest BCUT2D eigenvalue weighted by atomic mass is 32.2. The highest BCUT2D eigenvalue weighted by Crippen LogP contribution is 2.28. The smallest absolute Gasteiger partial charge is 0.206 e. The van der Waals surface area contributed by atoms with E-state index in [1.54, 1.807) is 23.5 Å². The molecule has 0 atom stereocenters. The topological polar surface area (TPSA) is 37.8 Å². The Morgan fingerprint density at radius 3 is 2.86 bits per heavy atom. The lowest BCUT2D eigenvalue weighted by Gasteiger charge is -2.00. The number of thioether (sulfide) groups is 1. The van der Waals surface area contributed by atoms with Crippen molar-refractivity contribution >= 4 is 39.6 Å². The summed E-state index contributed by atoms with van der Waals surface area (Å²) in [5, 5.41) is 14.4. The fourth-order valence-corrected chi connectivity index (χ4v) is 4.31. The highest BCUT2D eigenvalue weighted by molar-refractivity contribution is 8.00. The molecule has 2 heterocycles. The van der Waals surface area contributed by atoms with Crippen LogP contribution >= 0.6 is 34.4 Å². The average Bonchev–Trinajstić information content (AvgIpc) is 3.18. The molecule has 3 nitrogen and oxygen atoms in total. The van der Waals surface area contributed by atoms with Crippen molar-refractivity contribution in [1.29, 1.82) is 0 Å². The SMILES string of the molecule is Fc1ccccc1CSc1nnc(NCCc2cccs2)s1. The van der Waals surface area contributed by atoms with Gasteiger partial charge in [-0.05, 0) is 29.5 Å². The molecular formula is C15H14FN3S3. The van der Waals surface area contributed by atoms with E-state index < -0.39 is 0 Å². The van der Waals surface area contributed by atoms with E-state index in [-0.39, 0.29) is 5.82 Å². The third kappa shape index (κ3) is 4.28. The van der Waals surface area contributed by atoms with E-state index >= 15 is 0 Å². The second kappa shape index (κ2) is 7.71. The van der Waals surface area contributed by atoms with E-state index in [0.29, 0.717) is 11.3 Å². The van der Waals surface area contributed by atoms with Gasteiger partial charge >= 0.3 is 0 Å². The molecule has 0 amide bonds. The molecule has 0 radical (unpaired) electrons. The first-order chi connectivity index (χ1) is 10.8. The molecule has 1 N–H and O–H groups in total. The number of benzene rings is 1. The van der Waals surface area contributed by atoms with Crippen LogP contribution < -0.4 is 5.32 Å². The number of hydrogen-bond donors (Lipinski definition) is 1. The minimum atomic E-state index is -0.172. The van der Waals surface area contributed by atoms with E-state index in [2.05, 4.69) is 33.0 Å². The molecule has 0 bridgehead atoms. The van der Waals surface area contributed by atoms with Crippen molar-refractivity contribution in [2.45, 2.75) is 16.5 Å². The van der Waals surface area contributed by atoms with Gasteiger partial charge in [0.15, 0.2) is 4.34 Å². The van der Waals surface area contributed by atoms with Gasteiger partial charge in [0.05, 0.1) is 0 Å². The molecule has 0 spiro atoms. The first-order valence-electron chi connectivity index (χ1n) is 6.77. The molecule has 0 unspecified atom stereocenters. The summed E-state index contributed by atoms with van der Waals surface area (Å²) in [4.78, 5) is 1.35. The van der Waals surface area contributed by atoms with Gasteiger partial charge < -0.3 is 5.32 Å². The molecule has 1 aromatic carbocycles. The van der Waals surface area contributed by atoms with E-state index in [0.717, 1.165) is 22.4 Å². The van der Waals surface area contributed by atoms with E-state index in [1.165, 1.54) is 34.0 Å². The van der Waals surface area contributed by atoms with Crippen LogP contribution in [0.3, 0.4) is 0 Å². The predicted octanol–water partition coefficient (Wildman–Crippen LogP) is 4.69. The zero-order chi connectivity index (χ0) is 15.2. The lowest BCUT2D eigenvalue weighted by molar-refractivity contribution is 0.617. The van der Waals surface area contributed by atoms with Crippen LogP contribution in [0.15, 0.2) is 46.1 Å². The Kier molecular flexibility index (Phi) is 5.42. The third-order valence-corrected chi connectivity index (χ3v) is 5.94. The van der Waals surface area contributed by atoms with Crippen LogP contribution in [0.5, 0.6) is 0 Å². The lowest BCUT2D eigenvalue weighted by Crippen LogP contribution is -2.03. The second-order valence-corrected chi connectivity index (χ2v) is 7.74. The molecule has 114 valence electrons. The maximum Gasteiger partial charge on any atom is 0.206 e. The fourth-order valence-electron chi connectivity index (χ4n) is 1.84. The van der Waals surface area contributed by atoms with Gasteiger partial charge in [-0.2, -0.15) is 0 Å². The van der Waals surface area contributed by atoms with Crippen molar-refractivity contribution in [2.24, 2.45) is 0 Å². The summed E-state index contributed by atoms with van der Waals surface area (Å²) in [5.41, 5.74) is 0.690. The zero-order valence-electron chi connectivity index (χ0n) is 11.7. The largest absolute Gasteiger partial charge is 0.360 e. The molecule has 3 aromatic rings. The number of nitrogens with zero attached hydrogens (tertiary/aromatic N) is 2. The van der Waals surface area contributed by atoms with Crippen molar-refractivity contribution in [3.8, 4) is 0 Å². The van der Waals surface area contributed by atoms with Gasteiger partial charge in [0.25, 0.3) is 0 Å². The Bertz CT molecular complexity index is 712. The number of rotatable bonds is 7. The first-order valence-corrected chi connectivity index (χ1v) is 9.45. The number of anilines is 1. The molecule has 3 rings (SSSR count). The minimum Gasteiger partial charge on any atom is -0.360 e. The van der Waals surface area contributed by atoms with Crippen LogP contribution in [-0.2, 0) is 12.2 Å². The number of hydrogen-bond acceptors (Lipinski definition) is 6. The summed E-state index contributed by atoms with van der Waals surface area (Å²) in [7, 11) is 0.